The van der Waals surface area contributed by atoms with E-state index in [2.05, 4.69) is 37.2 Å². The zero-order valence-corrected chi connectivity index (χ0v) is 14.3. The van der Waals surface area contributed by atoms with Crippen LogP contribution in [0.4, 0.5) is 5.82 Å². The SMILES string of the molecule is CNC(=O)c1cccc2c1CN(c1ccc(Br)c(C)n1)CC2. The number of pyridine rings is 1. The average molecular weight is 360 g/mol. The number of carbonyl (C=O) groups excluding carboxylic acids is 1. The van der Waals surface area contributed by atoms with Gasteiger partial charge in [-0.1, -0.05) is 12.1 Å². The average Bonchev–Trinajstić information content (AvgIpc) is 2.55. The fourth-order valence-corrected chi connectivity index (χ4v) is 3.05. The second kappa shape index (κ2) is 6.08. The molecule has 0 spiro atoms. The Morgan fingerprint density at radius 3 is 2.86 bits per heavy atom. The highest BCUT2D eigenvalue weighted by molar-refractivity contribution is 9.10. The van der Waals surface area contributed by atoms with Crippen LogP contribution in [-0.2, 0) is 13.0 Å². The predicted octanol–water partition coefficient (Wildman–Crippen LogP) is 3.07. The van der Waals surface area contributed by atoms with E-state index in [1.54, 1.807) is 7.05 Å². The van der Waals surface area contributed by atoms with Crippen LogP contribution in [0.2, 0.25) is 0 Å². The molecule has 0 bridgehead atoms. The molecule has 0 saturated carbocycles. The minimum absolute atomic E-state index is 0.0290. The Kier molecular flexibility index (Phi) is 4.16. The number of rotatable bonds is 2. The number of fused-ring (bicyclic) bond motifs is 1. The van der Waals surface area contributed by atoms with Crippen molar-refractivity contribution in [3.05, 3.63) is 57.2 Å². The number of nitrogens with zero attached hydrogens (tertiary/aromatic N) is 2. The Balaban J connectivity index is 1.95. The van der Waals surface area contributed by atoms with E-state index in [0.29, 0.717) is 6.54 Å². The molecular weight excluding hydrogens is 342 g/mol. The molecule has 0 radical (unpaired) electrons. The number of aryl methyl sites for hydroxylation is 1. The molecule has 0 atom stereocenters. The normalized spacial score (nSPS) is 13.7. The van der Waals surface area contributed by atoms with Gasteiger partial charge in [0, 0.05) is 30.2 Å². The first-order valence-corrected chi connectivity index (χ1v) is 8.10. The van der Waals surface area contributed by atoms with Gasteiger partial charge in [0.25, 0.3) is 5.91 Å². The van der Waals surface area contributed by atoms with Gasteiger partial charge in [0.2, 0.25) is 0 Å². The largest absolute Gasteiger partial charge is 0.355 e. The van der Waals surface area contributed by atoms with Crippen LogP contribution in [0.25, 0.3) is 0 Å². The molecule has 0 fully saturated rings. The monoisotopic (exact) mass is 359 g/mol. The third kappa shape index (κ3) is 2.73. The third-order valence-electron chi connectivity index (χ3n) is 4.08. The maximum atomic E-state index is 12.1. The van der Waals surface area contributed by atoms with Gasteiger partial charge in [-0.05, 0) is 58.6 Å². The summed E-state index contributed by atoms with van der Waals surface area (Å²) in [5.41, 5.74) is 4.10. The predicted molar refractivity (Wildman–Crippen MR) is 91.3 cm³/mol. The van der Waals surface area contributed by atoms with Crippen LogP contribution in [0.1, 0.15) is 27.2 Å². The highest BCUT2D eigenvalue weighted by Crippen LogP contribution is 2.27. The van der Waals surface area contributed by atoms with Crippen LogP contribution in [0.5, 0.6) is 0 Å². The lowest BCUT2D eigenvalue weighted by molar-refractivity contribution is 0.0962. The van der Waals surface area contributed by atoms with E-state index >= 15 is 0 Å². The van der Waals surface area contributed by atoms with Gasteiger partial charge in [-0.3, -0.25) is 4.79 Å². The molecule has 2 aromatic rings. The van der Waals surface area contributed by atoms with Crippen molar-refractivity contribution in [3.63, 3.8) is 0 Å². The van der Waals surface area contributed by atoms with Crippen molar-refractivity contribution in [1.29, 1.82) is 0 Å². The maximum Gasteiger partial charge on any atom is 0.251 e. The van der Waals surface area contributed by atoms with E-state index in [-0.39, 0.29) is 5.91 Å². The van der Waals surface area contributed by atoms with Crippen molar-refractivity contribution in [3.8, 4) is 0 Å². The summed E-state index contributed by atoms with van der Waals surface area (Å²) in [4.78, 5) is 18.9. The van der Waals surface area contributed by atoms with Crippen molar-refractivity contribution in [2.24, 2.45) is 0 Å². The fraction of sp³-hybridized carbons (Fsp3) is 0.294. The number of halogens is 1. The molecule has 0 unspecified atom stereocenters. The number of amides is 1. The Morgan fingerprint density at radius 2 is 2.14 bits per heavy atom. The standard InChI is InChI=1S/C17H18BrN3O/c1-11-15(18)6-7-16(20-11)21-9-8-12-4-3-5-13(14(12)10-21)17(22)19-2/h3-7H,8-10H2,1-2H3,(H,19,22). The quantitative estimate of drug-likeness (QED) is 0.895. The van der Waals surface area contributed by atoms with Crippen molar-refractivity contribution in [1.82, 2.24) is 10.3 Å². The molecule has 0 saturated heterocycles. The van der Waals surface area contributed by atoms with Crippen LogP contribution in [-0.4, -0.2) is 24.5 Å². The zero-order valence-electron chi connectivity index (χ0n) is 12.7. The van der Waals surface area contributed by atoms with Crippen LogP contribution in [0.3, 0.4) is 0 Å². The lowest BCUT2D eigenvalue weighted by Gasteiger charge is -2.31. The van der Waals surface area contributed by atoms with Crippen molar-refractivity contribution < 1.29 is 4.79 Å². The molecule has 1 aliphatic heterocycles. The first kappa shape index (κ1) is 15.0. The number of hydrogen-bond acceptors (Lipinski definition) is 3. The van der Waals surface area contributed by atoms with E-state index in [9.17, 15) is 4.79 Å². The lowest BCUT2D eigenvalue weighted by atomic mass is 9.94. The van der Waals surface area contributed by atoms with Crippen molar-refractivity contribution >= 4 is 27.7 Å². The van der Waals surface area contributed by atoms with Gasteiger partial charge in [-0.15, -0.1) is 0 Å². The second-order valence-corrected chi connectivity index (χ2v) is 6.28. The van der Waals surface area contributed by atoms with Gasteiger partial charge in [-0.25, -0.2) is 4.98 Å². The number of carbonyl (C=O) groups is 1. The van der Waals surface area contributed by atoms with Crippen LogP contribution >= 0.6 is 15.9 Å². The zero-order chi connectivity index (χ0) is 15.7. The highest BCUT2D eigenvalue weighted by atomic mass is 79.9. The summed E-state index contributed by atoms with van der Waals surface area (Å²) in [5.74, 6) is 0.928. The lowest BCUT2D eigenvalue weighted by Crippen LogP contribution is -2.33. The van der Waals surface area contributed by atoms with Gasteiger partial charge in [-0.2, -0.15) is 0 Å². The van der Waals surface area contributed by atoms with Gasteiger partial charge < -0.3 is 10.2 Å². The minimum Gasteiger partial charge on any atom is -0.355 e. The van der Waals surface area contributed by atoms with E-state index in [1.165, 1.54) is 5.56 Å². The fourth-order valence-electron chi connectivity index (χ4n) is 2.83. The first-order valence-electron chi connectivity index (χ1n) is 7.31. The number of nitrogens with one attached hydrogen (secondary N) is 1. The van der Waals surface area contributed by atoms with Crippen LogP contribution < -0.4 is 10.2 Å². The molecule has 1 aromatic heterocycles. The van der Waals surface area contributed by atoms with E-state index in [4.69, 9.17) is 0 Å². The molecule has 0 aliphatic carbocycles. The summed E-state index contributed by atoms with van der Waals surface area (Å²) in [6, 6.07) is 10.0. The third-order valence-corrected chi connectivity index (χ3v) is 4.91. The molecule has 1 aliphatic rings. The second-order valence-electron chi connectivity index (χ2n) is 5.43. The Hall–Kier alpha value is -1.88. The van der Waals surface area contributed by atoms with Gasteiger partial charge >= 0.3 is 0 Å². The Morgan fingerprint density at radius 1 is 1.32 bits per heavy atom. The van der Waals surface area contributed by atoms with Gasteiger partial charge in [0.15, 0.2) is 0 Å². The van der Waals surface area contributed by atoms with Crippen LogP contribution in [0, 0.1) is 6.92 Å². The Labute approximate surface area is 138 Å². The highest BCUT2D eigenvalue weighted by Gasteiger charge is 2.22. The molecule has 4 nitrogen and oxygen atoms in total. The summed E-state index contributed by atoms with van der Waals surface area (Å²) in [5, 5.41) is 2.72. The molecule has 22 heavy (non-hydrogen) atoms. The topological polar surface area (TPSA) is 45.2 Å². The summed E-state index contributed by atoms with van der Waals surface area (Å²) in [7, 11) is 1.67. The maximum absolute atomic E-state index is 12.1. The van der Waals surface area contributed by atoms with E-state index in [1.807, 2.05) is 31.2 Å². The summed E-state index contributed by atoms with van der Waals surface area (Å²) in [6.07, 6.45) is 0.928. The summed E-state index contributed by atoms with van der Waals surface area (Å²) < 4.78 is 1.01. The summed E-state index contributed by atoms with van der Waals surface area (Å²) >= 11 is 3.49. The number of aromatic nitrogens is 1. The molecule has 1 aromatic carbocycles. The number of anilines is 1. The molecule has 5 heteroatoms. The molecule has 1 amide bonds. The van der Waals surface area contributed by atoms with Crippen LogP contribution in [0.15, 0.2) is 34.8 Å². The summed E-state index contributed by atoms with van der Waals surface area (Å²) in [6.45, 7) is 3.62. The molecular formula is C17H18BrN3O. The van der Waals surface area contributed by atoms with E-state index < -0.39 is 0 Å². The molecule has 3 rings (SSSR count). The number of hydrogen-bond donors (Lipinski definition) is 1. The molecule has 114 valence electrons. The number of benzene rings is 1. The van der Waals surface area contributed by atoms with Crippen molar-refractivity contribution in [2.45, 2.75) is 19.9 Å². The van der Waals surface area contributed by atoms with E-state index in [0.717, 1.165) is 40.1 Å². The minimum atomic E-state index is -0.0290. The van der Waals surface area contributed by atoms with Crippen molar-refractivity contribution in [2.75, 3.05) is 18.5 Å². The van der Waals surface area contributed by atoms with Gasteiger partial charge in [0.1, 0.15) is 5.82 Å². The smallest absolute Gasteiger partial charge is 0.251 e. The Bertz CT molecular complexity index is 730. The van der Waals surface area contributed by atoms with Gasteiger partial charge in [0.05, 0.1) is 5.69 Å². The first-order chi connectivity index (χ1) is 10.6. The molecule has 1 N–H and O–H groups in total. The molecule has 2 heterocycles.